The highest BCUT2D eigenvalue weighted by atomic mass is 79.9. The summed E-state index contributed by atoms with van der Waals surface area (Å²) in [6.45, 7) is 0.988. The third kappa shape index (κ3) is 6.78. The monoisotopic (exact) mass is 624 g/mol. The highest BCUT2D eigenvalue weighted by Gasteiger charge is 2.55. The number of rotatable bonds is 7. The van der Waals surface area contributed by atoms with E-state index < -0.39 is 64.9 Å². The van der Waals surface area contributed by atoms with Crippen LogP contribution in [0.25, 0.3) is 0 Å². The Bertz CT molecular complexity index is 967. The molecule has 8 atom stereocenters. The summed E-state index contributed by atoms with van der Waals surface area (Å²) in [7, 11) is 3.06. The number of nitrogens with zero attached hydrogens (tertiary/aromatic N) is 2. The molecule has 0 spiro atoms. The maximum atomic E-state index is 14.5. The number of halogens is 5. The molecule has 7 unspecified atom stereocenters. The molecular formula is C26H37BrF4N4O4. The van der Waals surface area contributed by atoms with Crippen molar-refractivity contribution in [1.29, 1.82) is 0 Å². The van der Waals surface area contributed by atoms with Crippen molar-refractivity contribution in [3.05, 3.63) is 11.6 Å². The Hall–Kier alpha value is -1.73. The number of methoxy groups -OCH3 is 1. The first-order valence-corrected chi connectivity index (χ1v) is 14.5. The molecule has 13 heteroatoms. The molecule has 2 aliphatic heterocycles. The molecule has 0 aromatic heterocycles. The zero-order valence-corrected chi connectivity index (χ0v) is 23.8. The van der Waals surface area contributed by atoms with Crippen molar-refractivity contribution in [2.75, 3.05) is 40.4 Å². The topological polar surface area (TPSA) is 91.0 Å². The van der Waals surface area contributed by atoms with Crippen molar-refractivity contribution in [3.63, 3.8) is 0 Å². The quantitative estimate of drug-likeness (QED) is 0.336. The Balaban J connectivity index is 1.49. The van der Waals surface area contributed by atoms with E-state index in [1.54, 1.807) is 11.9 Å². The number of likely N-dealkylation sites (N-methyl/N-ethyl adjacent to an activating group) is 1. The average molecular weight is 626 g/mol. The van der Waals surface area contributed by atoms with Gasteiger partial charge in [-0.05, 0) is 38.5 Å². The van der Waals surface area contributed by atoms with Gasteiger partial charge in [0.05, 0.1) is 24.5 Å². The molecule has 0 radical (unpaired) electrons. The summed E-state index contributed by atoms with van der Waals surface area (Å²) in [4.78, 5) is 41.4. The van der Waals surface area contributed by atoms with Crippen LogP contribution in [0, 0.1) is 17.8 Å². The predicted octanol–water partition coefficient (Wildman–Crippen LogP) is 2.57. The zero-order chi connectivity index (χ0) is 28.5. The molecular weight excluding hydrogens is 588 g/mol. The van der Waals surface area contributed by atoms with Crippen LogP contribution in [-0.2, 0) is 19.1 Å². The summed E-state index contributed by atoms with van der Waals surface area (Å²) in [5, 5.41) is 5.51. The second kappa shape index (κ2) is 12.4. The molecule has 0 bridgehead atoms. The third-order valence-corrected chi connectivity index (χ3v) is 9.39. The Morgan fingerprint density at radius 1 is 1.26 bits per heavy atom. The van der Waals surface area contributed by atoms with Crippen LogP contribution in [-0.4, -0.2) is 103 Å². The lowest BCUT2D eigenvalue weighted by molar-refractivity contribution is -0.205. The first-order valence-electron chi connectivity index (χ1n) is 13.6. The van der Waals surface area contributed by atoms with Gasteiger partial charge in [0.1, 0.15) is 6.17 Å². The maximum Gasteiger partial charge on any atom is 0.393 e. The van der Waals surface area contributed by atoms with Crippen molar-refractivity contribution in [2.24, 2.45) is 17.8 Å². The van der Waals surface area contributed by atoms with Crippen molar-refractivity contribution in [1.82, 2.24) is 20.4 Å². The number of carbonyl (C=O) groups excluding carboxylic acids is 3. The van der Waals surface area contributed by atoms with Gasteiger partial charge >= 0.3 is 6.18 Å². The number of carbonyl (C=O) groups is 3. The van der Waals surface area contributed by atoms with Gasteiger partial charge in [-0.25, -0.2) is 4.39 Å². The second-order valence-electron chi connectivity index (χ2n) is 11.2. The van der Waals surface area contributed by atoms with Gasteiger partial charge in [-0.15, -0.1) is 0 Å². The fraction of sp³-hybridized carbons (Fsp3) is 0.808. The van der Waals surface area contributed by atoms with E-state index >= 15 is 0 Å². The number of ether oxygens (including phenoxy) is 1. The molecule has 0 aromatic carbocycles. The van der Waals surface area contributed by atoms with Crippen LogP contribution >= 0.6 is 15.9 Å². The van der Waals surface area contributed by atoms with E-state index in [2.05, 4.69) is 26.6 Å². The smallest absolute Gasteiger partial charge is 0.383 e. The summed E-state index contributed by atoms with van der Waals surface area (Å²) < 4.78 is 62.4. The number of likely N-dealkylation sites (tertiary alicyclic amines) is 1. The summed E-state index contributed by atoms with van der Waals surface area (Å²) in [6.07, 6.45) is -2.47. The van der Waals surface area contributed by atoms with Gasteiger partial charge in [-0.3, -0.25) is 19.3 Å². The van der Waals surface area contributed by atoms with E-state index in [1.807, 2.05) is 0 Å². The largest absolute Gasteiger partial charge is 0.393 e. The van der Waals surface area contributed by atoms with Gasteiger partial charge in [0.15, 0.2) is 0 Å². The maximum absolute atomic E-state index is 14.5. The number of nitrogens with one attached hydrogen (secondary N) is 2. The number of alkyl halides is 5. The second-order valence-corrected chi connectivity index (χ2v) is 12.5. The highest BCUT2D eigenvalue weighted by molar-refractivity contribution is 9.09. The van der Waals surface area contributed by atoms with Crippen LogP contribution < -0.4 is 10.6 Å². The lowest BCUT2D eigenvalue weighted by Crippen LogP contribution is -2.58. The number of hydrogen-bond acceptors (Lipinski definition) is 5. The standard InChI is InChI=1S/C26H37BrF4N4O4/c1-34(8-9-39-2)25(38)18-10-14(27)11-19(26(29,30)31)23(18)35-7-6-15(13-35)32-24(37)17-12-21(36)33-22-16(17)4-3-5-20(22)28/h12,14-16,18-20,22-23H,3-11,13H2,1-2H3,(H,32,37)(H,33,36)/t14?,15-,16?,18?,19?,20?,22?,23?/m1/s1. The Morgan fingerprint density at radius 2 is 2.00 bits per heavy atom. The van der Waals surface area contributed by atoms with Crippen LogP contribution in [0.3, 0.4) is 0 Å². The average Bonchev–Trinajstić information content (AvgIpc) is 3.33. The molecule has 0 aromatic rings. The van der Waals surface area contributed by atoms with E-state index in [-0.39, 0.29) is 44.0 Å². The minimum atomic E-state index is -4.50. The molecule has 2 N–H and O–H groups in total. The minimum absolute atomic E-state index is 0.136. The molecule has 2 heterocycles. The molecule has 3 fully saturated rings. The molecule has 4 aliphatic rings. The van der Waals surface area contributed by atoms with Crippen molar-refractivity contribution in [3.8, 4) is 0 Å². The fourth-order valence-corrected chi connectivity index (χ4v) is 7.53. The van der Waals surface area contributed by atoms with E-state index in [0.29, 0.717) is 32.2 Å². The lowest BCUT2D eigenvalue weighted by Gasteiger charge is -2.45. The summed E-state index contributed by atoms with van der Waals surface area (Å²) in [5.74, 6) is -4.37. The van der Waals surface area contributed by atoms with E-state index in [9.17, 15) is 31.9 Å². The van der Waals surface area contributed by atoms with Crippen LogP contribution in [0.2, 0.25) is 0 Å². The van der Waals surface area contributed by atoms with E-state index in [1.165, 1.54) is 18.1 Å². The fourth-order valence-electron chi connectivity index (χ4n) is 6.73. The summed E-state index contributed by atoms with van der Waals surface area (Å²) >= 11 is 3.36. The van der Waals surface area contributed by atoms with Crippen molar-refractivity contribution in [2.45, 2.75) is 73.8 Å². The van der Waals surface area contributed by atoms with Gasteiger partial charge < -0.3 is 20.3 Å². The molecule has 39 heavy (non-hydrogen) atoms. The Kier molecular flexibility index (Phi) is 9.63. The van der Waals surface area contributed by atoms with Crippen LogP contribution in [0.5, 0.6) is 0 Å². The lowest BCUT2D eigenvalue weighted by atomic mass is 9.74. The highest BCUT2D eigenvalue weighted by Crippen LogP contribution is 2.46. The SMILES string of the molecule is COCCN(C)C(=O)C1CC(Br)CC(C(F)(F)F)C1N1CC[C@@H](NC(=O)C2=CC(=O)NC3C(F)CCCC23)C1. The minimum Gasteiger partial charge on any atom is -0.383 e. The molecule has 4 rings (SSSR count). The van der Waals surface area contributed by atoms with Gasteiger partial charge in [-0.1, -0.05) is 15.9 Å². The summed E-state index contributed by atoms with van der Waals surface area (Å²) in [5.41, 5.74) is 0.227. The van der Waals surface area contributed by atoms with E-state index in [0.717, 1.165) is 0 Å². The van der Waals surface area contributed by atoms with Crippen molar-refractivity contribution >= 4 is 33.7 Å². The number of fused-ring (bicyclic) bond motifs is 1. The van der Waals surface area contributed by atoms with E-state index in [4.69, 9.17) is 4.74 Å². The number of amides is 3. The van der Waals surface area contributed by atoms with Crippen LogP contribution in [0.1, 0.15) is 38.5 Å². The predicted molar refractivity (Wildman–Crippen MR) is 139 cm³/mol. The third-order valence-electron chi connectivity index (χ3n) is 8.64. The first-order chi connectivity index (χ1) is 18.4. The number of hydrogen-bond donors (Lipinski definition) is 2. The molecule has 3 amide bonds. The molecule has 1 saturated heterocycles. The first kappa shape index (κ1) is 30.2. The zero-order valence-electron chi connectivity index (χ0n) is 22.2. The molecule has 220 valence electrons. The van der Waals surface area contributed by atoms with Gasteiger partial charge in [-0.2, -0.15) is 13.2 Å². The Labute approximate surface area is 234 Å². The van der Waals surface area contributed by atoms with Gasteiger partial charge in [0.25, 0.3) is 0 Å². The normalized spacial score (nSPS) is 35.6. The van der Waals surface area contributed by atoms with Gasteiger partial charge in [0.2, 0.25) is 17.7 Å². The molecule has 2 aliphatic carbocycles. The summed E-state index contributed by atoms with van der Waals surface area (Å²) in [6, 6.07) is -2.26. The van der Waals surface area contributed by atoms with Gasteiger partial charge in [0, 0.05) is 68.3 Å². The molecule has 2 saturated carbocycles. The Morgan fingerprint density at radius 3 is 2.69 bits per heavy atom. The van der Waals surface area contributed by atoms with Crippen LogP contribution in [0.4, 0.5) is 17.6 Å². The van der Waals surface area contributed by atoms with Crippen molar-refractivity contribution < 1.29 is 36.7 Å². The van der Waals surface area contributed by atoms with Crippen LogP contribution in [0.15, 0.2) is 11.6 Å². The molecule has 8 nitrogen and oxygen atoms in total.